The number of pyridine rings is 1. The smallest absolute Gasteiger partial charge is 0.263 e. The number of para-hydroxylation sites is 1. The fourth-order valence-corrected chi connectivity index (χ4v) is 2.22. The van der Waals surface area contributed by atoms with E-state index in [0.29, 0.717) is 5.92 Å². The molecule has 1 aromatic carbocycles. The highest BCUT2D eigenvalue weighted by Crippen LogP contribution is 2.26. The molecule has 0 aliphatic carbocycles. The van der Waals surface area contributed by atoms with Crippen molar-refractivity contribution in [2.45, 2.75) is 26.2 Å². The molecule has 0 bridgehead atoms. The molecule has 0 aliphatic rings. The van der Waals surface area contributed by atoms with Crippen LogP contribution in [0.3, 0.4) is 0 Å². The summed E-state index contributed by atoms with van der Waals surface area (Å²) in [7, 11) is 1.63. The Kier molecular flexibility index (Phi) is 4.58. The second-order valence-electron chi connectivity index (χ2n) is 5.19. The molecule has 4 nitrogen and oxygen atoms in total. The fraction of sp³-hybridized carbons (Fsp3) is 0.294. The van der Waals surface area contributed by atoms with Gasteiger partial charge in [0.25, 0.3) is 11.5 Å². The molecule has 1 heterocycles. The van der Waals surface area contributed by atoms with E-state index in [1.165, 1.54) is 4.57 Å². The van der Waals surface area contributed by atoms with E-state index in [2.05, 4.69) is 19.2 Å². The Bertz CT molecular complexity index is 704. The zero-order chi connectivity index (χ0) is 15.4. The van der Waals surface area contributed by atoms with Gasteiger partial charge in [0.2, 0.25) is 0 Å². The number of rotatable bonds is 4. The first-order valence-electron chi connectivity index (χ1n) is 7.10. The Morgan fingerprint density at radius 2 is 1.95 bits per heavy atom. The van der Waals surface area contributed by atoms with Gasteiger partial charge in [-0.25, -0.2) is 0 Å². The van der Waals surface area contributed by atoms with Gasteiger partial charge in [-0.1, -0.05) is 32.0 Å². The molecule has 2 rings (SSSR count). The largest absolute Gasteiger partial charge is 0.322 e. The topological polar surface area (TPSA) is 51.1 Å². The number of carbonyl (C=O) groups is 1. The van der Waals surface area contributed by atoms with E-state index in [1.54, 1.807) is 25.4 Å². The van der Waals surface area contributed by atoms with Crippen LogP contribution in [0.2, 0.25) is 0 Å². The highest BCUT2D eigenvalue weighted by Gasteiger charge is 2.14. The van der Waals surface area contributed by atoms with Crippen LogP contribution >= 0.6 is 0 Å². The summed E-state index contributed by atoms with van der Waals surface area (Å²) < 4.78 is 1.40. The Morgan fingerprint density at radius 1 is 1.24 bits per heavy atom. The lowest BCUT2D eigenvalue weighted by molar-refractivity contribution is 0.102. The summed E-state index contributed by atoms with van der Waals surface area (Å²) in [4.78, 5) is 24.3. The van der Waals surface area contributed by atoms with Gasteiger partial charge in [-0.05, 0) is 36.1 Å². The lowest BCUT2D eigenvalue weighted by Gasteiger charge is -2.15. The van der Waals surface area contributed by atoms with Gasteiger partial charge in [0.1, 0.15) is 5.56 Å². The first-order chi connectivity index (χ1) is 10.0. The summed E-state index contributed by atoms with van der Waals surface area (Å²) in [6.45, 7) is 4.22. The van der Waals surface area contributed by atoms with Gasteiger partial charge in [-0.15, -0.1) is 0 Å². The van der Waals surface area contributed by atoms with Crippen LogP contribution in [-0.2, 0) is 7.05 Å². The number of aryl methyl sites for hydroxylation is 1. The second kappa shape index (κ2) is 6.39. The van der Waals surface area contributed by atoms with Gasteiger partial charge in [0, 0.05) is 18.9 Å². The quantitative estimate of drug-likeness (QED) is 0.937. The Balaban J connectivity index is 2.32. The van der Waals surface area contributed by atoms with Crippen LogP contribution in [0.4, 0.5) is 5.69 Å². The molecule has 1 amide bonds. The number of amides is 1. The van der Waals surface area contributed by atoms with Gasteiger partial charge in [-0.2, -0.15) is 0 Å². The third-order valence-corrected chi connectivity index (χ3v) is 3.72. The van der Waals surface area contributed by atoms with Gasteiger partial charge >= 0.3 is 0 Å². The zero-order valence-corrected chi connectivity index (χ0v) is 12.6. The molecule has 21 heavy (non-hydrogen) atoms. The summed E-state index contributed by atoms with van der Waals surface area (Å²) in [5, 5.41) is 2.86. The average Bonchev–Trinajstić information content (AvgIpc) is 2.49. The molecule has 4 heteroatoms. The van der Waals surface area contributed by atoms with Crippen LogP contribution in [0, 0.1) is 0 Å². The number of carbonyl (C=O) groups excluding carboxylic acids is 1. The van der Waals surface area contributed by atoms with Crippen molar-refractivity contribution in [2.75, 3.05) is 5.32 Å². The maximum Gasteiger partial charge on any atom is 0.263 e. The molecule has 0 saturated carbocycles. The average molecular weight is 284 g/mol. The summed E-state index contributed by atoms with van der Waals surface area (Å²) in [6.07, 6.45) is 2.62. The molecule has 0 radical (unpaired) electrons. The predicted octanol–water partition coefficient (Wildman–Crippen LogP) is 3.15. The molecule has 1 aromatic heterocycles. The van der Waals surface area contributed by atoms with E-state index in [0.717, 1.165) is 17.7 Å². The van der Waals surface area contributed by atoms with E-state index in [4.69, 9.17) is 0 Å². The van der Waals surface area contributed by atoms with Crippen LogP contribution in [-0.4, -0.2) is 10.5 Å². The number of benzene rings is 1. The second-order valence-corrected chi connectivity index (χ2v) is 5.19. The predicted molar refractivity (Wildman–Crippen MR) is 84.8 cm³/mol. The highest BCUT2D eigenvalue weighted by molar-refractivity contribution is 6.04. The van der Waals surface area contributed by atoms with Crippen molar-refractivity contribution in [2.24, 2.45) is 7.05 Å². The van der Waals surface area contributed by atoms with Crippen molar-refractivity contribution in [3.05, 3.63) is 64.1 Å². The molecular weight excluding hydrogens is 264 g/mol. The number of anilines is 1. The van der Waals surface area contributed by atoms with Crippen molar-refractivity contribution in [3.63, 3.8) is 0 Å². The lowest BCUT2D eigenvalue weighted by Crippen LogP contribution is -2.27. The first kappa shape index (κ1) is 15.0. The van der Waals surface area contributed by atoms with Crippen LogP contribution in [0.15, 0.2) is 47.4 Å². The molecule has 0 spiro atoms. The number of nitrogens with zero attached hydrogens (tertiary/aromatic N) is 1. The minimum Gasteiger partial charge on any atom is -0.322 e. The molecule has 2 aromatic rings. The summed E-state index contributed by atoms with van der Waals surface area (Å²) in [6, 6.07) is 10.9. The Labute approximate surface area is 124 Å². The Morgan fingerprint density at radius 3 is 2.67 bits per heavy atom. The number of hydrogen-bond acceptors (Lipinski definition) is 2. The van der Waals surface area contributed by atoms with Gasteiger partial charge in [0.05, 0.1) is 0 Å². The Hall–Kier alpha value is -2.36. The summed E-state index contributed by atoms with van der Waals surface area (Å²) in [5.41, 5.74) is 1.71. The number of aromatic nitrogens is 1. The number of nitrogens with one attached hydrogen (secondary N) is 1. The number of hydrogen-bond donors (Lipinski definition) is 1. The van der Waals surface area contributed by atoms with Crippen molar-refractivity contribution in [3.8, 4) is 0 Å². The summed E-state index contributed by atoms with van der Waals surface area (Å²) >= 11 is 0. The van der Waals surface area contributed by atoms with Crippen molar-refractivity contribution >= 4 is 11.6 Å². The fourth-order valence-electron chi connectivity index (χ4n) is 2.22. The van der Waals surface area contributed by atoms with Crippen molar-refractivity contribution in [1.82, 2.24) is 4.57 Å². The summed E-state index contributed by atoms with van der Waals surface area (Å²) in [5.74, 6) is -0.0212. The molecule has 1 atom stereocenters. The maximum atomic E-state index is 12.3. The van der Waals surface area contributed by atoms with Crippen molar-refractivity contribution < 1.29 is 4.79 Å². The maximum absolute atomic E-state index is 12.3. The van der Waals surface area contributed by atoms with E-state index in [1.807, 2.05) is 24.3 Å². The molecule has 1 unspecified atom stereocenters. The molecule has 110 valence electrons. The minimum atomic E-state index is -0.369. The zero-order valence-electron chi connectivity index (χ0n) is 12.6. The van der Waals surface area contributed by atoms with Crippen LogP contribution < -0.4 is 10.9 Å². The van der Waals surface area contributed by atoms with E-state index >= 15 is 0 Å². The first-order valence-corrected chi connectivity index (χ1v) is 7.10. The molecular formula is C17H20N2O2. The van der Waals surface area contributed by atoms with E-state index in [9.17, 15) is 9.59 Å². The SMILES string of the molecule is CCC(C)c1ccccc1NC(=O)c1cccn(C)c1=O. The van der Waals surface area contributed by atoms with Crippen LogP contribution in [0.5, 0.6) is 0 Å². The standard InChI is InChI=1S/C17H20N2O2/c1-4-12(2)13-8-5-6-10-15(13)18-16(20)14-9-7-11-19(3)17(14)21/h5-12H,4H2,1-3H3,(H,18,20). The van der Waals surface area contributed by atoms with E-state index in [-0.39, 0.29) is 17.0 Å². The van der Waals surface area contributed by atoms with Gasteiger partial charge < -0.3 is 9.88 Å². The normalized spacial score (nSPS) is 12.0. The van der Waals surface area contributed by atoms with Gasteiger partial charge in [-0.3, -0.25) is 9.59 Å². The molecule has 1 N–H and O–H groups in total. The van der Waals surface area contributed by atoms with Crippen LogP contribution in [0.25, 0.3) is 0 Å². The lowest BCUT2D eigenvalue weighted by atomic mass is 9.97. The molecule has 0 saturated heterocycles. The minimum absolute atomic E-state index is 0.152. The molecule has 0 aliphatic heterocycles. The van der Waals surface area contributed by atoms with Gasteiger partial charge in [0.15, 0.2) is 0 Å². The molecule has 0 fully saturated rings. The monoisotopic (exact) mass is 284 g/mol. The third-order valence-electron chi connectivity index (χ3n) is 3.72. The van der Waals surface area contributed by atoms with Crippen molar-refractivity contribution in [1.29, 1.82) is 0 Å². The van der Waals surface area contributed by atoms with Crippen LogP contribution in [0.1, 0.15) is 42.1 Å². The third kappa shape index (κ3) is 3.21. The van der Waals surface area contributed by atoms with E-state index < -0.39 is 0 Å². The highest BCUT2D eigenvalue weighted by atomic mass is 16.2.